The molecule has 0 atom stereocenters. The summed E-state index contributed by atoms with van der Waals surface area (Å²) in [6.45, 7) is 0. The Labute approximate surface area is 399 Å². The fraction of sp³-hybridized carbons (Fsp3) is 0. The first-order valence-electron chi connectivity index (χ1n) is 22.9. The van der Waals surface area contributed by atoms with E-state index < -0.39 is 0 Å². The third-order valence-corrected chi connectivity index (χ3v) is 14.2. The van der Waals surface area contributed by atoms with Gasteiger partial charge in [0.2, 0.25) is 5.95 Å². The summed E-state index contributed by atoms with van der Waals surface area (Å²) in [7, 11) is 0. The summed E-state index contributed by atoms with van der Waals surface area (Å²) in [6.07, 6.45) is 0. The number of nitrogens with zero attached hydrogens (tertiary/aromatic N) is 8. The molecule has 9 aromatic carbocycles. The highest BCUT2D eigenvalue weighted by atomic mass is 32.1. The van der Waals surface area contributed by atoms with E-state index >= 15 is 0 Å². The molecule has 14 aromatic rings. The van der Waals surface area contributed by atoms with Gasteiger partial charge in [-0.25, -0.2) is 19.9 Å². The van der Waals surface area contributed by atoms with Crippen molar-refractivity contribution < 1.29 is 0 Å². The summed E-state index contributed by atoms with van der Waals surface area (Å²) >= 11 is 1.83. The standard InChI is InChI=1S/C60H36N8S/c1-4-17-37(18-5-1)55-61-56(38-19-6-2-7-20-38)63-58(62-55)40-23-16-24-41(35-40)59-64-57(39-21-8-3-9-22-39)65-60(66-59)68-50-29-14-11-26-44(50)48-34-33-47-43-25-10-13-28-49(43)67(53(47)54(48)68)42-31-32-46-45-27-12-15-30-51(45)69-52(46)36-42/h1-36H. The molecule has 0 unspecified atom stereocenters. The van der Waals surface area contributed by atoms with E-state index in [4.69, 9.17) is 29.9 Å². The van der Waals surface area contributed by atoms with Gasteiger partial charge in [-0.2, -0.15) is 9.97 Å². The van der Waals surface area contributed by atoms with Gasteiger partial charge in [-0.05, 0) is 36.4 Å². The molecule has 0 aliphatic rings. The van der Waals surface area contributed by atoms with Crippen molar-refractivity contribution in [1.29, 1.82) is 0 Å². The van der Waals surface area contributed by atoms with E-state index in [2.05, 4.69) is 118 Å². The van der Waals surface area contributed by atoms with Crippen molar-refractivity contribution in [1.82, 2.24) is 39.0 Å². The molecule has 9 heteroatoms. The van der Waals surface area contributed by atoms with Crippen molar-refractivity contribution in [3.8, 4) is 68.6 Å². The van der Waals surface area contributed by atoms with Crippen LogP contribution < -0.4 is 0 Å². The van der Waals surface area contributed by atoms with Crippen LogP contribution in [0.5, 0.6) is 0 Å². The molecule has 0 saturated carbocycles. The van der Waals surface area contributed by atoms with Crippen LogP contribution in [0.1, 0.15) is 0 Å². The predicted molar refractivity (Wildman–Crippen MR) is 282 cm³/mol. The number of para-hydroxylation sites is 2. The van der Waals surface area contributed by atoms with Crippen LogP contribution in [0.15, 0.2) is 218 Å². The van der Waals surface area contributed by atoms with Gasteiger partial charge in [-0.3, -0.25) is 4.57 Å². The Morgan fingerprint density at radius 3 is 1.26 bits per heavy atom. The van der Waals surface area contributed by atoms with Gasteiger partial charge in [0, 0.05) is 75.2 Å². The molecular weight excluding hydrogens is 865 g/mol. The molecule has 0 bridgehead atoms. The molecule has 69 heavy (non-hydrogen) atoms. The number of benzene rings is 9. The van der Waals surface area contributed by atoms with Crippen LogP contribution in [-0.4, -0.2) is 39.0 Å². The summed E-state index contributed by atoms with van der Waals surface area (Å²) in [5.41, 5.74) is 9.60. The molecule has 0 amide bonds. The van der Waals surface area contributed by atoms with Crippen LogP contribution in [-0.2, 0) is 0 Å². The Kier molecular flexibility index (Phi) is 8.90. The quantitative estimate of drug-likeness (QED) is 0.158. The molecule has 0 aliphatic carbocycles. The SMILES string of the molecule is c1ccc(-c2nc(-c3ccccc3)nc(-c3cccc(-c4nc(-c5ccccc5)nc(-n5c6ccccc6c6ccc7c8ccccc8n(-c8ccc9c(c8)sc8ccccc89)c7c65)n4)c3)n2)cc1. The van der Waals surface area contributed by atoms with E-state index in [-0.39, 0.29) is 0 Å². The first-order valence-corrected chi connectivity index (χ1v) is 23.7. The van der Waals surface area contributed by atoms with Gasteiger partial charge in [0.1, 0.15) is 0 Å². The molecule has 0 fully saturated rings. The Morgan fingerprint density at radius 2 is 0.681 bits per heavy atom. The fourth-order valence-corrected chi connectivity index (χ4v) is 11.0. The lowest BCUT2D eigenvalue weighted by Crippen LogP contribution is -2.07. The summed E-state index contributed by atoms with van der Waals surface area (Å²) in [6, 6.07) is 75.7. The average Bonchev–Trinajstić information content (AvgIpc) is 4.09. The largest absolute Gasteiger partial charge is 0.307 e. The predicted octanol–water partition coefficient (Wildman–Crippen LogP) is 15.0. The van der Waals surface area contributed by atoms with Gasteiger partial charge < -0.3 is 4.57 Å². The Balaban J connectivity index is 1.02. The first kappa shape index (κ1) is 39.0. The molecule has 0 spiro atoms. The minimum atomic E-state index is 0.512. The summed E-state index contributed by atoms with van der Waals surface area (Å²) in [5, 5.41) is 7.07. The highest BCUT2D eigenvalue weighted by Crippen LogP contribution is 2.43. The molecule has 322 valence electrons. The number of thiophene rings is 1. The Hall–Kier alpha value is -9.18. The summed E-state index contributed by atoms with van der Waals surface area (Å²) in [4.78, 5) is 31.1. The maximum absolute atomic E-state index is 5.45. The molecule has 0 aliphatic heterocycles. The normalized spacial score (nSPS) is 11.8. The lowest BCUT2D eigenvalue weighted by atomic mass is 10.1. The number of fused-ring (bicyclic) bond motifs is 10. The van der Waals surface area contributed by atoms with Gasteiger partial charge in [0.05, 0.1) is 22.1 Å². The maximum atomic E-state index is 5.45. The van der Waals surface area contributed by atoms with Crippen molar-refractivity contribution in [3.05, 3.63) is 218 Å². The van der Waals surface area contributed by atoms with Crippen molar-refractivity contribution in [2.45, 2.75) is 0 Å². The van der Waals surface area contributed by atoms with Gasteiger partial charge in [0.15, 0.2) is 29.1 Å². The monoisotopic (exact) mass is 900 g/mol. The molecule has 0 N–H and O–H groups in total. The minimum Gasteiger partial charge on any atom is -0.307 e. The van der Waals surface area contributed by atoms with E-state index in [9.17, 15) is 0 Å². The van der Waals surface area contributed by atoms with Gasteiger partial charge in [-0.1, -0.05) is 182 Å². The van der Waals surface area contributed by atoms with Gasteiger partial charge >= 0.3 is 0 Å². The highest BCUT2D eigenvalue weighted by molar-refractivity contribution is 7.25. The van der Waals surface area contributed by atoms with E-state index in [0.29, 0.717) is 35.1 Å². The van der Waals surface area contributed by atoms with E-state index in [1.54, 1.807) is 0 Å². The van der Waals surface area contributed by atoms with Crippen LogP contribution in [0.2, 0.25) is 0 Å². The second-order valence-electron chi connectivity index (χ2n) is 17.1. The van der Waals surface area contributed by atoms with E-state index in [1.165, 1.54) is 25.6 Å². The minimum absolute atomic E-state index is 0.512. The van der Waals surface area contributed by atoms with Crippen LogP contribution >= 0.6 is 11.3 Å². The van der Waals surface area contributed by atoms with E-state index in [1.807, 2.05) is 121 Å². The molecule has 5 heterocycles. The summed E-state index contributed by atoms with van der Waals surface area (Å²) in [5.74, 6) is 3.34. The van der Waals surface area contributed by atoms with Gasteiger partial charge in [0.25, 0.3) is 0 Å². The first-order chi connectivity index (χ1) is 34.2. The van der Waals surface area contributed by atoms with Crippen LogP contribution in [0.4, 0.5) is 0 Å². The van der Waals surface area contributed by atoms with Crippen molar-refractivity contribution >= 4 is 75.1 Å². The lowest BCUT2D eigenvalue weighted by molar-refractivity contribution is 0.953. The molecular formula is C60H36N8S. The second-order valence-corrected chi connectivity index (χ2v) is 18.2. The third-order valence-electron chi connectivity index (χ3n) is 13.0. The van der Waals surface area contributed by atoms with Crippen molar-refractivity contribution in [2.24, 2.45) is 0 Å². The zero-order chi connectivity index (χ0) is 45.4. The molecule has 14 rings (SSSR count). The number of hydrogen-bond donors (Lipinski definition) is 0. The van der Waals surface area contributed by atoms with E-state index in [0.717, 1.165) is 71.7 Å². The Morgan fingerprint density at radius 1 is 0.275 bits per heavy atom. The van der Waals surface area contributed by atoms with Crippen molar-refractivity contribution in [2.75, 3.05) is 0 Å². The average molecular weight is 901 g/mol. The number of hydrogen-bond acceptors (Lipinski definition) is 7. The fourth-order valence-electron chi connectivity index (χ4n) is 9.88. The second kappa shape index (κ2) is 15.7. The van der Waals surface area contributed by atoms with Crippen LogP contribution in [0.25, 0.3) is 132 Å². The van der Waals surface area contributed by atoms with Crippen molar-refractivity contribution in [3.63, 3.8) is 0 Å². The maximum Gasteiger partial charge on any atom is 0.238 e. The molecule has 0 saturated heterocycles. The highest BCUT2D eigenvalue weighted by Gasteiger charge is 2.24. The zero-order valence-corrected chi connectivity index (χ0v) is 37.6. The molecule has 5 aromatic heterocycles. The smallest absolute Gasteiger partial charge is 0.238 e. The molecule has 8 nitrogen and oxygen atoms in total. The van der Waals surface area contributed by atoms with Crippen LogP contribution in [0, 0.1) is 0 Å². The molecule has 0 radical (unpaired) electrons. The van der Waals surface area contributed by atoms with Gasteiger partial charge in [-0.15, -0.1) is 11.3 Å². The topological polar surface area (TPSA) is 87.2 Å². The lowest BCUT2D eigenvalue weighted by Gasteiger charge is -2.14. The number of rotatable bonds is 7. The third kappa shape index (κ3) is 6.43. The Bertz CT molecular complexity index is 4250. The summed E-state index contributed by atoms with van der Waals surface area (Å²) < 4.78 is 7.19. The zero-order valence-electron chi connectivity index (χ0n) is 36.8. The number of aromatic nitrogens is 8. The van der Waals surface area contributed by atoms with Crippen LogP contribution in [0.3, 0.4) is 0 Å².